The third-order valence-electron chi connectivity index (χ3n) is 3.17. The fourth-order valence-electron chi connectivity index (χ4n) is 2.32. The van der Waals surface area contributed by atoms with Gasteiger partial charge in [0.25, 0.3) is 0 Å². The Balaban J connectivity index is 2.28. The molecule has 0 saturated carbocycles. The Labute approximate surface area is 112 Å². The Bertz CT molecular complexity index is 413. The molecule has 1 atom stereocenters. The van der Waals surface area contributed by atoms with Crippen molar-refractivity contribution in [1.29, 1.82) is 0 Å². The van der Waals surface area contributed by atoms with Gasteiger partial charge in [-0.3, -0.25) is 5.43 Å². The number of anilines is 2. The summed E-state index contributed by atoms with van der Waals surface area (Å²) in [5.41, 5.74) is 2.45. The fourth-order valence-corrected chi connectivity index (χ4v) is 2.52. The number of nitrogens with two attached hydrogens (primary N) is 1. The van der Waals surface area contributed by atoms with Crippen LogP contribution in [0, 0.1) is 0 Å². The largest absolute Gasteiger partial charge is 0.351 e. The molecular formula is C11H19ClN6. The van der Waals surface area contributed by atoms with Gasteiger partial charge in [-0.2, -0.15) is 4.98 Å². The normalized spacial score (nSPS) is 21.8. The van der Waals surface area contributed by atoms with Gasteiger partial charge in [-0.25, -0.2) is 10.8 Å². The lowest BCUT2D eigenvalue weighted by Crippen LogP contribution is -2.38. The minimum Gasteiger partial charge on any atom is -0.351 e. The van der Waals surface area contributed by atoms with Gasteiger partial charge >= 0.3 is 0 Å². The molecule has 1 aliphatic rings. The molecule has 100 valence electrons. The molecular weight excluding hydrogens is 252 g/mol. The number of nitrogens with zero attached hydrogens (tertiary/aromatic N) is 4. The number of nitrogens with one attached hydrogen (secondary N) is 1. The van der Waals surface area contributed by atoms with Gasteiger partial charge in [0.05, 0.1) is 6.20 Å². The second kappa shape index (κ2) is 5.69. The van der Waals surface area contributed by atoms with Crippen molar-refractivity contribution >= 4 is 23.4 Å². The average Bonchev–Trinajstić information content (AvgIpc) is 2.51. The summed E-state index contributed by atoms with van der Waals surface area (Å²) in [6.45, 7) is 5.19. The maximum atomic E-state index is 6.19. The third kappa shape index (κ3) is 2.82. The number of hydrazine groups is 1. The Hall–Kier alpha value is -1.11. The van der Waals surface area contributed by atoms with Crippen LogP contribution >= 0.6 is 11.6 Å². The van der Waals surface area contributed by atoms with E-state index in [0.29, 0.717) is 17.0 Å². The van der Waals surface area contributed by atoms with E-state index in [4.69, 9.17) is 17.4 Å². The van der Waals surface area contributed by atoms with E-state index in [1.807, 2.05) is 0 Å². The standard InChI is InChI=1S/C11H19ClN6/c1-8-7-17(2)4-3-5-18(8)10-9(12)6-14-11(15-10)16-13/h6,8H,3-5,7,13H2,1-2H3,(H,14,15,16). The molecule has 2 rings (SSSR count). The summed E-state index contributed by atoms with van der Waals surface area (Å²) < 4.78 is 0. The fraction of sp³-hybridized carbons (Fsp3) is 0.636. The summed E-state index contributed by atoms with van der Waals surface area (Å²) in [6.07, 6.45) is 2.67. The van der Waals surface area contributed by atoms with Gasteiger partial charge in [-0.1, -0.05) is 11.6 Å². The van der Waals surface area contributed by atoms with Crippen LogP contribution in [-0.4, -0.2) is 47.6 Å². The molecule has 3 N–H and O–H groups in total. The predicted molar refractivity (Wildman–Crippen MR) is 73.8 cm³/mol. The van der Waals surface area contributed by atoms with Crippen LogP contribution in [-0.2, 0) is 0 Å². The zero-order chi connectivity index (χ0) is 13.1. The van der Waals surface area contributed by atoms with Crippen molar-refractivity contribution in [2.75, 3.05) is 37.0 Å². The van der Waals surface area contributed by atoms with E-state index in [2.05, 4.69) is 39.2 Å². The van der Waals surface area contributed by atoms with E-state index in [1.54, 1.807) is 6.20 Å². The van der Waals surface area contributed by atoms with Crippen LogP contribution in [0.4, 0.5) is 11.8 Å². The minimum atomic E-state index is 0.357. The van der Waals surface area contributed by atoms with Crippen LogP contribution < -0.4 is 16.2 Å². The maximum Gasteiger partial charge on any atom is 0.239 e. The number of nitrogen functional groups attached to an aromatic ring is 1. The second-order valence-electron chi connectivity index (χ2n) is 4.67. The SMILES string of the molecule is CC1CN(C)CCCN1c1nc(NN)ncc1Cl. The number of likely N-dealkylation sites (N-methyl/N-ethyl adjacent to an activating group) is 1. The van der Waals surface area contributed by atoms with E-state index >= 15 is 0 Å². The molecule has 0 radical (unpaired) electrons. The molecule has 0 aliphatic carbocycles. The smallest absolute Gasteiger partial charge is 0.239 e. The highest BCUT2D eigenvalue weighted by molar-refractivity contribution is 6.32. The van der Waals surface area contributed by atoms with Crippen molar-refractivity contribution in [1.82, 2.24) is 14.9 Å². The van der Waals surface area contributed by atoms with Crippen LogP contribution in [0.5, 0.6) is 0 Å². The summed E-state index contributed by atoms with van der Waals surface area (Å²) in [5, 5.41) is 0.561. The van der Waals surface area contributed by atoms with Crippen molar-refractivity contribution in [3.8, 4) is 0 Å². The first-order chi connectivity index (χ1) is 8.61. The molecule has 6 nitrogen and oxygen atoms in total. The molecule has 1 aromatic rings. The molecule has 18 heavy (non-hydrogen) atoms. The predicted octanol–water partition coefficient (Wildman–Crippen LogP) is 0.946. The topological polar surface area (TPSA) is 70.3 Å². The van der Waals surface area contributed by atoms with E-state index in [9.17, 15) is 0 Å². The molecule has 1 aliphatic heterocycles. The summed E-state index contributed by atoms with van der Waals surface area (Å²) in [4.78, 5) is 12.9. The molecule has 1 saturated heterocycles. The first-order valence-corrected chi connectivity index (χ1v) is 6.44. The van der Waals surface area contributed by atoms with Crippen molar-refractivity contribution < 1.29 is 0 Å². The Morgan fingerprint density at radius 1 is 1.50 bits per heavy atom. The lowest BCUT2D eigenvalue weighted by molar-refractivity contribution is 0.337. The zero-order valence-corrected chi connectivity index (χ0v) is 11.5. The van der Waals surface area contributed by atoms with Gasteiger partial charge < -0.3 is 9.80 Å². The summed E-state index contributed by atoms with van der Waals surface area (Å²) >= 11 is 6.19. The number of hydrogen-bond acceptors (Lipinski definition) is 6. The minimum absolute atomic E-state index is 0.357. The highest BCUT2D eigenvalue weighted by Gasteiger charge is 2.23. The number of aromatic nitrogens is 2. The van der Waals surface area contributed by atoms with Crippen LogP contribution in [0.25, 0.3) is 0 Å². The van der Waals surface area contributed by atoms with Crippen LogP contribution in [0.1, 0.15) is 13.3 Å². The number of hydrogen-bond donors (Lipinski definition) is 2. The first kappa shape index (κ1) is 13.3. The lowest BCUT2D eigenvalue weighted by atomic mass is 10.2. The molecule has 0 bridgehead atoms. The molecule has 1 aromatic heterocycles. The monoisotopic (exact) mass is 270 g/mol. The van der Waals surface area contributed by atoms with Crippen molar-refractivity contribution in [2.24, 2.45) is 5.84 Å². The molecule has 0 amide bonds. The average molecular weight is 271 g/mol. The van der Waals surface area contributed by atoms with Crippen LogP contribution in [0.2, 0.25) is 5.02 Å². The van der Waals surface area contributed by atoms with Crippen LogP contribution in [0.15, 0.2) is 6.20 Å². The van der Waals surface area contributed by atoms with Crippen LogP contribution in [0.3, 0.4) is 0 Å². The summed E-state index contributed by atoms with van der Waals surface area (Å²) in [6, 6.07) is 0.357. The zero-order valence-electron chi connectivity index (χ0n) is 10.7. The van der Waals surface area contributed by atoms with E-state index in [-0.39, 0.29) is 0 Å². The number of rotatable bonds is 2. The molecule has 7 heteroatoms. The first-order valence-electron chi connectivity index (χ1n) is 6.06. The molecule has 1 unspecified atom stereocenters. The van der Waals surface area contributed by atoms with Gasteiger partial charge in [0.1, 0.15) is 5.02 Å². The third-order valence-corrected chi connectivity index (χ3v) is 3.44. The highest BCUT2D eigenvalue weighted by Crippen LogP contribution is 2.26. The van der Waals surface area contributed by atoms with Gasteiger partial charge in [-0.15, -0.1) is 0 Å². The van der Waals surface area contributed by atoms with Crippen molar-refractivity contribution in [3.05, 3.63) is 11.2 Å². The highest BCUT2D eigenvalue weighted by atomic mass is 35.5. The molecule has 1 fully saturated rings. The van der Waals surface area contributed by atoms with Gasteiger partial charge in [0.2, 0.25) is 5.95 Å². The van der Waals surface area contributed by atoms with E-state index in [0.717, 1.165) is 31.9 Å². The molecule has 2 heterocycles. The van der Waals surface area contributed by atoms with Crippen molar-refractivity contribution in [3.63, 3.8) is 0 Å². The van der Waals surface area contributed by atoms with Crippen molar-refractivity contribution in [2.45, 2.75) is 19.4 Å². The summed E-state index contributed by atoms with van der Waals surface area (Å²) in [7, 11) is 2.13. The Morgan fingerprint density at radius 3 is 3.00 bits per heavy atom. The van der Waals surface area contributed by atoms with Gasteiger partial charge in [-0.05, 0) is 26.9 Å². The van der Waals surface area contributed by atoms with E-state index < -0.39 is 0 Å². The Morgan fingerprint density at radius 2 is 2.28 bits per heavy atom. The molecule has 0 spiro atoms. The maximum absolute atomic E-state index is 6.19. The van der Waals surface area contributed by atoms with Gasteiger partial charge in [0, 0.05) is 19.1 Å². The van der Waals surface area contributed by atoms with E-state index in [1.165, 1.54) is 0 Å². The number of halogens is 1. The molecule has 0 aromatic carbocycles. The van der Waals surface area contributed by atoms with Gasteiger partial charge in [0.15, 0.2) is 5.82 Å². The summed E-state index contributed by atoms with van der Waals surface area (Å²) in [5.74, 6) is 6.48. The quantitative estimate of drug-likeness (QED) is 0.616. The lowest BCUT2D eigenvalue weighted by Gasteiger charge is -2.29. The Kier molecular flexibility index (Phi) is 4.21. The second-order valence-corrected chi connectivity index (χ2v) is 5.07.